The first-order valence-electron chi connectivity index (χ1n) is 12.1. The van der Waals surface area contributed by atoms with E-state index in [1.54, 1.807) is 6.07 Å². The quantitative estimate of drug-likeness (QED) is 0.235. The molecule has 43 heavy (non-hydrogen) atoms. The second-order valence-corrected chi connectivity index (χ2v) is 9.34. The normalized spacial score (nSPS) is 13.4. The summed E-state index contributed by atoms with van der Waals surface area (Å²) in [4.78, 5) is 13.3. The summed E-state index contributed by atoms with van der Waals surface area (Å²) in [5.74, 6) is -7.07. The van der Waals surface area contributed by atoms with Crippen molar-refractivity contribution in [1.82, 2.24) is 5.32 Å². The standard InChI is InChI=1S/C28H20F10N2O3/c1-14(2)42-23-12-16(4-6-22(23)31)26(7-8-39,17-10-18(29)13-19(11-17)43-28(37,38)25(32)33)40-24(41)15-3-5-21(30)20(9-15)27(34,35)36/h3-6,9-14,25H,7H2,1-2H3,(H,40,41)/t26-/m1/s1. The highest BCUT2D eigenvalue weighted by molar-refractivity contribution is 5.95. The lowest BCUT2D eigenvalue weighted by Gasteiger charge is -2.35. The molecule has 0 heterocycles. The fraction of sp³-hybridized carbons (Fsp3) is 0.286. The van der Waals surface area contributed by atoms with Gasteiger partial charge < -0.3 is 14.8 Å². The van der Waals surface area contributed by atoms with Crippen molar-refractivity contribution in [1.29, 1.82) is 5.26 Å². The van der Waals surface area contributed by atoms with E-state index < -0.39 is 88.3 Å². The summed E-state index contributed by atoms with van der Waals surface area (Å²) in [7, 11) is 0. The molecular formula is C28H20F10N2O3. The Labute approximate surface area is 237 Å². The number of hydrogen-bond acceptors (Lipinski definition) is 4. The van der Waals surface area contributed by atoms with Crippen molar-refractivity contribution in [3.05, 3.63) is 94.3 Å². The van der Waals surface area contributed by atoms with E-state index in [1.165, 1.54) is 13.8 Å². The van der Waals surface area contributed by atoms with E-state index in [9.17, 15) is 54.0 Å². The molecule has 0 saturated heterocycles. The molecule has 0 spiro atoms. The molecule has 1 amide bonds. The zero-order chi connectivity index (χ0) is 32.3. The van der Waals surface area contributed by atoms with Gasteiger partial charge in [0.15, 0.2) is 11.6 Å². The molecule has 0 aliphatic heterocycles. The second kappa shape index (κ2) is 12.4. The number of hydrogen-bond donors (Lipinski definition) is 1. The van der Waals surface area contributed by atoms with Gasteiger partial charge in [-0.15, -0.1) is 0 Å². The molecule has 0 aliphatic carbocycles. The predicted molar refractivity (Wildman–Crippen MR) is 130 cm³/mol. The van der Waals surface area contributed by atoms with Crippen LogP contribution in [-0.2, 0) is 11.7 Å². The van der Waals surface area contributed by atoms with Crippen molar-refractivity contribution >= 4 is 5.91 Å². The van der Waals surface area contributed by atoms with E-state index in [2.05, 4.69) is 10.1 Å². The summed E-state index contributed by atoms with van der Waals surface area (Å²) in [5.41, 5.74) is -5.87. The molecule has 3 aromatic carbocycles. The topological polar surface area (TPSA) is 71.3 Å². The van der Waals surface area contributed by atoms with E-state index in [1.807, 2.05) is 0 Å². The molecule has 15 heteroatoms. The summed E-state index contributed by atoms with van der Waals surface area (Å²) in [5, 5.41) is 11.9. The number of nitrogens with zero attached hydrogens (tertiary/aromatic N) is 1. The van der Waals surface area contributed by atoms with Gasteiger partial charge >= 0.3 is 18.7 Å². The molecule has 0 aliphatic rings. The number of rotatable bonds is 10. The zero-order valence-corrected chi connectivity index (χ0v) is 22.0. The molecule has 1 N–H and O–H groups in total. The molecule has 0 aromatic heterocycles. The summed E-state index contributed by atoms with van der Waals surface area (Å²) in [6, 6.07) is 7.05. The van der Waals surface area contributed by atoms with Gasteiger partial charge in [0.1, 0.15) is 22.9 Å². The zero-order valence-electron chi connectivity index (χ0n) is 22.0. The average Bonchev–Trinajstić information content (AvgIpc) is 2.88. The van der Waals surface area contributed by atoms with Gasteiger partial charge in [0.25, 0.3) is 5.91 Å². The number of halogens is 10. The van der Waals surface area contributed by atoms with Crippen LogP contribution < -0.4 is 14.8 Å². The van der Waals surface area contributed by atoms with Crippen molar-refractivity contribution in [3.63, 3.8) is 0 Å². The Balaban J connectivity index is 2.30. The first-order chi connectivity index (χ1) is 19.9. The van der Waals surface area contributed by atoms with Crippen molar-refractivity contribution in [2.45, 2.75) is 50.6 Å². The fourth-order valence-electron chi connectivity index (χ4n) is 4.01. The van der Waals surface area contributed by atoms with Gasteiger partial charge in [-0.2, -0.15) is 36.0 Å². The Kier molecular flexibility index (Phi) is 9.53. The SMILES string of the molecule is CC(C)Oc1cc([C@@](CC#N)(NC(=O)c2ccc(F)c(C(F)(F)F)c2)c2cc(F)cc(OC(F)(F)C(F)F)c2)ccc1F. The number of alkyl halides is 7. The summed E-state index contributed by atoms with van der Waals surface area (Å²) >= 11 is 0. The Morgan fingerprint density at radius 1 is 0.907 bits per heavy atom. The molecule has 3 rings (SSSR count). The minimum Gasteiger partial charge on any atom is -0.488 e. The van der Waals surface area contributed by atoms with Crippen LogP contribution in [0.5, 0.6) is 11.5 Å². The van der Waals surface area contributed by atoms with E-state index >= 15 is 0 Å². The lowest BCUT2D eigenvalue weighted by Crippen LogP contribution is -2.47. The molecule has 0 saturated carbocycles. The lowest BCUT2D eigenvalue weighted by atomic mass is 9.79. The molecule has 1 atom stereocenters. The molecule has 230 valence electrons. The van der Waals surface area contributed by atoms with Crippen molar-refractivity contribution in [3.8, 4) is 17.6 Å². The Morgan fingerprint density at radius 3 is 2.14 bits per heavy atom. The van der Waals surface area contributed by atoms with Gasteiger partial charge in [0, 0.05) is 11.6 Å². The highest BCUT2D eigenvalue weighted by Gasteiger charge is 2.45. The first-order valence-corrected chi connectivity index (χ1v) is 12.1. The largest absolute Gasteiger partial charge is 0.488 e. The number of nitrogens with one attached hydrogen (secondary N) is 1. The van der Waals surface area contributed by atoms with Crippen LogP contribution in [0.25, 0.3) is 0 Å². The fourth-order valence-corrected chi connectivity index (χ4v) is 4.01. The van der Waals surface area contributed by atoms with Crippen molar-refractivity contribution < 1.29 is 58.2 Å². The van der Waals surface area contributed by atoms with Crippen LogP contribution in [0.4, 0.5) is 43.9 Å². The summed E-state index contributed by atoms with van der Waals surface area (Å²) in [6.07, 6.45) is -16.2. The second-order valence-electron chi connectivity index (χ2n) is 9.34. The van der Waals surface area contributed by atoms with Gasteiger partial charge in [-0.1, -0.05) is 6.07 Å². The van der Waals surface area contributed by atoms with Crippen LogP contribution in [0.3, 0.4) is 0 Å². The highest BCUT2D eigenvalue weighted by atomic mass is 19.4. The monoisotopic (exact) mass is 622 g/mol. The average molecular weight is 622 g/mol. The van der Waals surface area contributed by atoms with Crippen molar-refractivity contribution in [2.24, 2.45) is 0 Å². The third-order valence-corrected chi connectivity index (χ3v) is 5.86. The maximum absolute atomic E-state index is 14.7. The number of carbonyl (C=O) groups is 1. The maximum Gasteiger partial charge on any atom is 0.461 e. The summed E-state index contributed by atoms with van der Waals surface area (Å²) < 4.78 is 145. The molecule has 0 unspecified atom stereocenters. The van der Waals surface area contributed by atoms with Gasteiger partial charge in [-0.3, -0.25) is 4.79 Å². The van der Waals surface area contributed by atoms with E-state index in [0.717, 1.165) is 18.2 Å². The number of benzene rings is 3. The van der Waals surface area contributed by atoms with Crippen molar-refractivity contribution in [2.75, 3.05) is 0 Å². The number of amides is 1. The molecule has 0 bridgehead atoms. The maximum atomic E-state index is 14.7. The van der Waals surface area contributed by atoms with E-state index in [-0.39, 0.29) is 11.6 Å². The Bertz CT molecular complexity index is 1540. The predicted octanol–water partition coefficient (Wildman–Crippen LogP) is 7.73. The first kappa shape index (κ1) is 33.0. The van der Waals surface area contributed by atoms with E-state index in [4.69, 9.17) is 4.74 Å². The smallest absolute Gasteiger partial charge is 0.461 e. The van der Waals surface area contributed by atoms with Crippen LogP contribution in [0.15, 0.2) is 54.6 Å². The lowest BCUT2D eigenvalue weighted by molar-refractivity contribution is -0.253. The van der Waals surface area contributed by atoms with Crippen LogP contribution >= 0.6 is 0 Å². The number of nitriles is 1. The molecular weight excluding hydrogens is 602 g/mol. The van der Waals surface area contributed by atoms with Crippen LogP contribution in [0.1, 0.15) is 47.3 Å². The molecule has 5 nitrogen and oxygen atoms in total. The van der Waals surface area contributed by atoms with Crippen LogP contribution in [0.2, 0.25) is 0 Å². The summed E-state index contributed by atoms with van der Waals surface area (Å²) in [6.45, 7) is 3.03. The minimum atomic E-state index is -5.23. The Hall–Kier alpha value is -4.48. The van der Waals surface area contributed by atoms with Crippen LogP contribution in [-0.4, -0.2) is 24.5 Å². The van der Waals surface area contributed by atoms with Gasteiger partial charge in [-0.05, 0) is 67.4 Å². The van der Waals surface area contributed by atoms with Gasteiger partial charge in [0.05, 0.1) is 24.2 Å². The molecule has 0 fully saturated rings. The van der Waals surface area contributed by atoms with Gasteiger partial charge in [0.2, 0.25) is 0 Å². The minimum absolute atomic E-state index is 0.156. The molecule has 0 radical (unpaired) electrons. The third-order valence-electron chi connectivity index (χ3n) is 5.86. The van der Waals surface area contributed by atoms with E-state index in [0.29, 0.717) is 30.3 Å². The number of carbonyl (C=O) groups excluding carboxylic acids is 1. The Morgan fingerprint density at radius 2 is 1.56 bits per heavy atom. The highest BCUT2D eigenvalue weighted by Crippen LogP contribution is 2.40. The molecule has 3 aromatic rings. The third kappa shape index (κ3) is 7.49. The number of ether oxygens (including phenoxy) is 2. The van der Waals surface area contributed by atoms with Crippen LogP contribution in [0, 0.1) is 28.8 Å². The van der Waals surface area contributed by atoms with Gasteiger partial charge in [-0.25, -0.2) is 13.2 Å².